The molecule has 0 heterocycles. The Morgan fingerprint density at radius 2 is 1.14 bits per heavy atom. The van der Waals surface area contributed by atoms with Crippen LogP contribution in [-0.4, -0.2) is 39.1 Å². The van der Waals surface area contributed by atoms with Crippen LogP contribution in [0.2, 0.25) is 0 Å². The van der Waals surface area contributed by atoms with Gasteiger partial charge in [-0.25, -0.2) is 0 Å². The number of rotatable bonds is 1. The molecule has 2 radical (unpaired) electrons. The van der Waals surface area contributed by atoms with Crippen LogP contribution in [0.1, 0.15) is 92.9 Å². The predicted molar refractivity (Wildman–Crippen MR) is 127 cm³/mol. The van der Waals surface area contributed by atoms with E-state index in [2.05, 4.69) is 73.6 Å². The molecule has 2 aliphatic rings. The molecule has 0 atom stereocenters. The van der Waals surface area contributed by atoms with Crippen molar-refractivity contribution in [3.63, 3.8) is 0 Å². The van der Waals surface area contributed by atoms with Gasteiger partial charge in [-0.2, -0.15) is 0 Å². The van der Waals surface area contributed by atoms with Crippen LogP contribution in [0.15, 0.2) is 18.2 Å². The molecule has 29 heavy (non-hydrogen) atoms. The molecule has 1 aromatic carbocycles. The minimum Gasteiger partial charge on any atom is 2.00 e. The molecule has 2 fully saturated rings. The summed E-state index contributed by atoms with van der Waals surface area (Å²) in [5, 5.41) is 0. The van der Waals surface area contributed by atoms with E-state index in [1.807, 2.05) is 18.2 Å². The molecule has 162 valence electrons. The second-order valence-corrected chi connectivity index (χ2v) is 12.3. The van der Waals surface area contributed by atoms with Gasteiger partial charge >= 0.3 is 103 Å². The van der Waals surface area contributed by atoms with Crippen molar-refractivity contribution in [3.05, 3.63) is 18.2 Å². The van der Waals surface area contributed by atoms with Crippen molar-refractivity contribution >= 4 is 40.9 Å². The maximum atomic E-state index is 5.07. The maximum Gasteiger partial charge on any atom is 2.00 e. The van der Waals surface area contributed by atoms with E-state index in [9.17, 15) is 0 Å². The van der Waals surface area contributed by atoms with Crippen molar-refractivity contribution in [1.29, 1.82) is 0 Å². The van der Waals surface area contributed by atoms with Gasteiger partial charge < -0.3 is 0 Å². The Morgan fingerprint density at radius 1 is 0.759 bits per heavy atom. The average molecular weight is 608 g/mol. The van der Waals surface area contributed by atoms with Crippen LogP contribution in [0.4, 0.5) is 0 Å². The average Bonchev–Trinajstić information content (AvgIpc) is 3.31. The maximum absolute atomic E-state index is 5.07. The molecule has 0 saturated heterocycles. The van der Waals surface area contributed by atoms with E-state index in [1.165, 1.54) is 51.4 Å². The van der Waals surface area contributed by atoms with Gasteiger partial charge in [-0.15, -0.1) is 0 Å². The molecule has 3 rings (SSSR count). The monoisotopic (exact) mass is 608 g/mol. The smallest absolute Gasteiger partial charge is 2.00 e. The second-order valence-electron chi connectivity index (χ2n) is 10.5. The van der Waals surface area contributed by atoms with Crippen LogP contribution in [0.3, 0.4) is 0 Å². The summed E-state index contributed by atoms with van der Waals surface area (Å²) >= 11 is 5.87. The van der Waals surface area contributed by atoms with Crippen LogP contribution in [0, 0.1) is 22.7 Å². The molecule has 0 bridgehead atoms. The van der Waals surface area contributed by atoms with E-state index in [1.54, 1.807) is 7.11 Å². The Balaban J connectivity index is 0.000000399. The number of ether oxygens (including phenoxy) is 1. The van der Waals surface area contributed by atoms with Crippen molar-refractivity contribution in [3.8, 4) is 5.75 Å². The van der Waals surface area contributed by atoms with E-state index < -0.39 is 0 Å². The van der Waals surface area contributed by atoms with Crippen LogP contribution in [-0.2, 0) is 26.2 Å². The minimum atomic E-state index is 0. The Bertz CT molecular complexity index is 537. The Kier molecular flexibility index (Phi) is 14.6. The van der Waals surface area contributed by atoms with Crippen molar-refractivity contribution in [1.82, 2.24) is 0 Å². The third kappa shape index (κ3) is 11.4. The fourth-order valence-electron chi connectivity index (χ4n) is 4.24. The van der Waals surface area contributed by atoms with E-state index in [-0.39, 0.29) is 26.2 Å². The summed E-state index contributed by atoms with van der Waals surface area (Å²) in [6, 6.07) is 5.87. The summed E-state index contributed by atoms with van der Waals surface area (Å²) < 4.78 is 7.22. The Hall–Kier alpha value is 0.942. The standard InChI is InChI=1S/2C9H18.C7H6OSe2.Zr/c2*1-9(2,3)8-6-4-5-7-8;1-8-5-3-2-4-6(9)7(5)10;/h2*8H,4-7H2,1-3H3;2-4H,1H3;/q;;;+2. The summed E-state index contributed by atoms with van der Waals surface area (Å²) in [5.74, 6) is 2.91. The molecule has 0 aliphatic heterocycles. The SMILES string of the molecule is CC(C)(C)C1CCCC1.CC(C)(C)C1CCCC1.COc1cccc([Se])c1[Se].[Zr+2]. The van der Waals surface area contributed by atoms with Gasteiger partial charge in [-0.3, -0.25) is 0 Å². The van der Waals surface area contributed by atoms with Crippen LogP contribution in [0.25, 0.3) is 0 Å². The van der Waals surface area contributed by atoms with Crippen molar-refractivity contribution in [2.75, 3.05) is 7.11 Å². The zero-order valence-electron chi connectivity index (χ0n) is 19.8. The van der Waals surface area contributed by atoms with Gasteiger partial charge in [-0.1, -0.05) is 67.2 Å². The first kappa shape index (κ1) is 29.9. The number of methoxy groups -OCH3 is 1. The van der Waals surface area contributed by atoms with Gasteiger partial charge in [0, 0.05) is 0 Å². The van der Waals surface area contributed by atoms with Crippen molar-refractivity contribution in [2.45, 2.75) is 92.9 Å². The third-order valence-corrected chi connectivity index (χ3v) is 8.57. The van der Waals surface area contributed by atoms with E-state index in [4.69, 9.17) is 4.74 Å². The molecule has 4 heteroatoms. The van der Waals surface area contributed by atoms with E-state index in [0.29, 0.717) is 10.8 Å². The molecule has 0 spiro atoms. The molecule has 0 unspecified atom stereocenters. The third-order valence-electron chi connectivity index (χ3n) is 6.32. The van der Waals surface area contributed by atoms with E-state index in [0.717, 1.165) is 26.5 Å². The molecule has 2 saturated carbocycles. The largest absolute Gasteiger partial charge is 2.00 e. The summed E-state index contributed by atoms with van der Waals surface area (Å²) in [6.07, 6.45) is 11.8. The summed E-state index contributed by atoms with van der Waals surface area (Å²) in [5.41, 5.74) is 1.16. The quantitative estimate of drug-likeness (QED) is 0.371. The van der Waals surface area contributed by atoms with Crippen molar-refractivity contribution in [2.24, 2.45) is 22.7 Å². The van der Waals surface area contributed by atoms with Crippen LogP contribution < -0.4 is 13.7 Å². The second kappa shape index (κ2) is 14.2. The first-order valence-electron chi connectivity index (χ1n) is 11.0. The molecule has 1 nitrogen and oxygen atoms in total. The first-order valence-corrected chi connectivity index (χ1v) is 12.7. The topological polar surface area (TPSA) is 9.23 Å². The van der Waals surface area contributed by atoms with Gasteiger partial charge in [0.1, 0.15) is 0 Å². The van der Waals surface area contributed by atoms with Crippen LogP contribution in [0.5, 0.6) is 5.75 Å². The van der Waals surface area contributed by atoms with Gasteiger partial charge in [0.15, 0.2) is 0 Å². The van der Waals surface area contributed by atoms with Gasteiger partial charge in [0.25, 0.3) is 0 Å². The van der Waals surface area contributed by atoms with Crippen LogP contribution >= 0.6 is 0 Å². The molecular formula is C25H42OSe2Zr+2. The molecule has 1 aromatic rings. The molecular weight excluding hydrogens is 565 g/mol. The van der Waals surface area contributed by atoms with Crippen molar-refractivity contribution < 1.29 is 30.9 Å². The zero-order valence-corrected chi connectivity index (χ0v) is 25.7. The number of hydrogen-bond donors (Lipinski definition) is 0. The Labute approximate surface area is 217 Å². The molecule has 0 amide bonds. The normalized spacial score (nSPS) is 17.5. The predicted octanol–water partition coefficient (Wildman–Crippen LogP) is 5.73. The first-order chi connectivity index (χ1) is 13.0. The molecule has 0 aromatic heterocycles. The summed E-state index contributed by atoms with van der Waals surface area (Å²) in [7, 11) is 1.66. The zero-order chi connectivity index (χ0) is 21.4. The molecule has 2 aliphatic carbocycles. The van der Waals surface area contributed by atoms with E-state index >= 15 is 0 Å². The number of benzene rings is 1. The Morgan fingerprint density at radius 3 is 1.38 bits per heavy atom. The summed E-state index contributed by atoms with van der Waals surface area (Å²) in [4.78, 5) is 0. The summed E-state index contributed by atoms with van der Waals surface area (Å²) in [6.45, 7) is 14.2. The fourth-order valence-corrected chi connectivity index (χ4v) is 5.08. The van der Waals surface area contributed by atoms with Gasteiger partial charge in [0.2, 0.25) is 0 Å². The van der Waals surface area contributed by atoms with Gasteiger partial charge in [-0.05, 0) is 48.3 Å². The number of hydrogen-bond acceptors (Lipinski definition) is 1. The minimum absolute atomic E-state index is 0. The molecule has 0 N–H and O–H groups in total. The fraction of sp³-hybridized carbons (Fsp3) is 0.760. The van der Waals surface area contributed by atoms with Gasteiger partial charge in [0.05, 0.1) is 0 Å².